The Labute approximate surface area is 245 Å². The maximum Gasteiger partial charge on any atom is 0.185 e. The van der Waals surface area contributed by atoms with Gasteiger partial charge in [-0.15, -0.1) is 0 Å². The van der Waals surface area contributed by atoms with Gasteiger partial charge in [0.05, 0.1) is 0 Å². The van der Waals surface area contributed by atoms with Gasteiger partial charge in [0, 0.05) is 60.1 Å². The predicted octanol–water partition coefficient (Wildman–Crippen LogP) is 5.20. The summed E-state index contributed by atoms with van der Waals surface area (Å²) >= 11 is 0. The number of nitrogens with two attached hydrogens (primary N) is 2. The van der Waals surface area contributed by atoms with E-state index in [0.29, 0.717) is 13.1 Å². The maximum absolute atomic E-state index is 7.33. The molecule has 0 amide bonds. The quantitative estimate of drug-likeness (QED) is 0.103. The van der Waals surface area contributed by atoms with Crippen LogP contribution in [0, 0.1) is 10.8 Å². The summed E-state index contributed by atoms with van der Waals surface area (Å²) in [5.41, 5.74) is 21.7. The molecule has 0 spiro atoms. The van der Waals surface area contributed by atoms with Crippen LogP contribution in [0.4, 0.5) is 0 Å². The molecule has 0 saturated heterocycles. The minimum atomic E-state index is -0.0144. The fourth-order valence-electron chi connectivity index (χ4n) is 4.86. The van der Waals surface area contributed by atoms with Crippen LogP contribution < -0.4 is 22.1 Å². The first-order valence-electron chi connectivity index (χ1n) is 13.8. The summed E-state index contributed by atoms with van der Waals surface area (Å²) < 4.78 is 0. The molecule has 8 N–H and O–H groups in total. The molecule has 0 saturated carbocycles. The van der Waals surface area contributed by atoms with E-state index in [2.05, 4.69) is 93.4 Å². The highest BCUT2D eigenvalue weighted by Crippen LogP contribution is 2.30. The van der Waals surface area contributed by atoms with Gasteiger partial charge in [0.15, 0.2) is 11.9 Å². The first kappa shape index (κ1) is 28.0. The van der Waals surface area contributed by atoms with E-state index >= 15 is 0 Å². The smallest absolute Gasteiger partial charge is 0.185 e. The molecule has 5 aromatic rings. The third-order valence-corrected chi connectivity index (χ3v) is 7.01. The lowest BCUT2D eigenvalue weighted by atomic mass is 9.97. The van der Waals surface area contributed by atoms with Gasteiger partial charge in [0.25, 0.3) is 0 Å². The lowest BCUT2D eigenvalue weighted by Crippen LogP contribution is -2.31. The Hall–Kier alpha value is -5.50. The van der Waals surface area contributed by atoms with Crippen LogP contribution >= 0.6 is 0 Å². The number of rotatable bonds is 10. The summed E-state index contributed by atoms with van der Waals surface area (Å²) in [5.74, 6) is -0.0288. The standard InChI is InChI=1S/C34H34N8/c35-33(36)41-13-11-23-3-1-5-27(15-23)31-17-29(19-39-21-31)25-7-9-26(10-8-25)30-18-32(22-40-20-30)28-6-2-4-24(16-28)12-14-42-34(37)38/h1-10,15-22H,11-14H2,(H4,35,36,41)(H4,37,38,42). The molecular weight excluding hydrogens is 520 g/mol. The normalized spacial score (nSPS) is 10.7. The molecule has 0 aliphatic carbocycles. The summed E-state index contributed by atoms with van der Waals surface area (Å²) in [6, 6.07) is 29.5. The van der Waals surface area contributed by atoms with Crippen molar-refractivity contribution in [2.45, 2.75) is 12.8 Å². The van der Waals surface area contributed by atoms with E-state index in [1.165, 1.54) is 11.1 Å². The zero-order valence-electron chi connectivity index (χ0n) is 23.3. The van der Waals surface area contributed by atoms with Crippen LogP contribution in [0.15, 0.2) is 110 Å². The lowest BCUT2D eigenvalue weighted by molar-refractivity contribution is 0.854. The number of hydrogen-bond acceptors (Lipinski definition) is 4. The molecule has 8 heteroatoms. The van der Waals surface area contributed by atoms with Crippen LogP contribution in [0.2, 0.25) is 0 Å². The largest absolute Gasteiger partial charge is 0.370 e. The highest BCUT2D eigenvalue weighted by Gasteiger charge is 2.07. The number of guanidine groups is 2. The second kappa shape index (κ2) is 13.2. The van der Waals surface area contributed by atoms with E-state index < -0.39 is 0 Å². The molecule has 0 bridgehead atoms. The Morgan fingerprint density at radius 3 is 1.26 bits per heavy atom. The van der Waals surface area contributed by atoms with E-state index in [0.717, 1.165) is 57.3 Å². The van der Waals surface area contributed by atoms with Gasteiger partial charge in [-0.25, -0.2) is 0 Å². The number of nitrogens with zero attached hydrogens (tertiary/aromatic N) is 2. The highest BCUT2D eigenvalue weighted by molar-refractivity contribution is 5.77. The van der Waals surface area contributed by atoms with Crippen molar-refractivity contribution in [2.75, 3.05) is 13.1 Å². The molecule has 5 rings (SSSR count). The Morgan fingerprint density at radius 2 is 0.881 bits per heavy atom. The minimum absolute atomic E-state index is 0.0144. The molecule has 2 heterocycles. The maximum atomic E-state index is 7.33. The molecule has 8 nitrogen and oxygen atoms in total. The van der Waals surface area contributed by atoms with E-state index in [9.17, 15) is 0 Å². The summed E-state index contributed by atoms with van der Waals surface area (Å²) in [4.78, 5) is 9.05. The van der Waals surface area contributed by atoms with E-state index in [-0.39, 0.29) is 11.9 Å². The highest BCUT2D eigenvalue weighted by atomic mass is 15.0. The van der Waals surface area contributed by atoms with Gasteiger partial charge in [-0.3, -0.25) is 20.8 Å². The average Bonchev–Trinajstić information content (AvgIpc) is 3.01. The molecule has 0 radical (unpaired) electrons. The molecule has 0 aliphatic heterocycles. The fourth-order valence-corrected chi connectivity index (χ4v) is 4.86. The fraction of sp³-hybridized carbons (Fsp3) is 0.118. The number of hydrogen-bond donors (Lipinski definition) is 6. The van der Waals surface area contributed by atoms with Crippen molar-refractivity contribution in [3.8, 4) is 44.5 Å². The average molecular weight is 555 g/mol. The second-order valence-electron chi connectivity index (χ2n) is 10.1. The van der Waals surface area contributed by atoms with Crippen molar-refractivity contribution in [1.29, 1.82) is 10.8 Å². The molecule has 0 atom stereocenters. The zero-order valence-corrected chi connectivity index (χ0v) is 23.3. The summed E-state index contributed by atoms with van der Waals surface area (Å²) in [6.07, 6.45) is 9.11. The van der Waals surface area contributed by atoms with Gasteiger partial charge in [-0.2, -0.15) is 0 Å². The van der Waals surface area contributed by atoms with Gasteiger partial charge < -0.3 is 22.1 Å². The predicted molar refractivity (Wildman–Crippen MR) is 171 cm³/mol. The third kappa shape index (κ3) is 7.37. The number of benzene rings is 3. The van der Waals surface area contributed by atoms with Gasteiger partial charge in [0.1, 0.15) is 0 Å². The van der Waals surface area contributed by atoms with E-state index in [4.69, 9.17) is 22.3 Å². The second-order valence-corrected chi connectivity index (χ2v) is 10.1. The topological polar surface area (TPSA) is 150 Å². The lowest BCUT2D eigenvalue weighted by Gasteiger charge is -2.10. The summed E-state index contributed by atoms with van der Waals surface area (Å²) in [5, 5.41) is 20.4. The Morgan fingerprint density at radius 1 is 0.500 bits per heavy atom. The SMILES string of the molecule is N=C(N)NCCc1cccc(-c2cncc(-c3ccc(-c4cncc(-c5cccc(CCNC(=N)N)c5)c4)cc3)c2)c1. The molecule has 42 heavy (non-hydrogen) atoms. The third-order valence-electron chi connectivity index (χ3n) is 7.01. The Kier molecular flexibility index (Phi) is 8.84. The van der Waals surface area contributed by atoms with E-state index in [1.807, 2.05) is 36.9 Å². The first-order chi connectivity index (χ1) is 20.4. The summed E-state index contributed by atoms with van der Waals surface area (Å²) in [6.45, 7) is 1.24. The van der Waals surface area contributed by atoms with Crippen molar-refractivity contribution >= 4 is 11.9 Å². The van der Waals surface area contributed by atoms with Crippen LogP contribution in [0.3, 0.4) is 0 Å². The summed E-state index contributed by atoms with van der Waals surface area (Å²) in [7, 11) is 0. The molecular formula is C34H34N8. The number of pyridine rings is 2. The molecule has 0 fully saturated rings. The van der Waals surface area contributed by atoms with Crippen LogP contribution in [0.1, 0.15) is 11.1 Å². The number of aromatic nitrogens is 2. The zero-order chi connectivity index (χ0) is 29.3. The van der Waals surface area contributed by atoms with Crippen LogP contribution in [-0.2, 0) is 12.8 Å². The molecule has 3 aromatic carbocycles. The molecule has 0 unspecified atom stereocenters. The monoisotopic (exact) mass is 554 g/mol. The van der Waals surface area contributed by atoms with Gasteiger partial charge in [-0.05, 0) is 58.4 Å². The Bertz CT molecular complexity index is 1570. The van der Waals surface area contributed by atoms with Crippen molar-refractivity contribution in [1.82, 2.24) is 20.6 Å². The van der Waals surface area contributed by atoms with Crippen LogP contribution in [0.5, 0.6) is 0 Å². The van der Waals surface area contributed by atoms with Crippen molar-refractivity contribution < 1.29 is 0 Å². The van der Waals surface area contributed by atoms with Gasteiger partial charge in [0.2, 0.25) is 0 Å². The Balaban J connectivity index is 1.31. The van der Waals surface area contributed by atoms with Crippen molar-refractivity contribution in [2.24, 2.45) is 11.5 Å². The van der Waals surface area contributed by atoms with Crippen molar-refractivity contribution in [3.05, 3.63) is 121 Å². The minimum Gasteiger partial charge on any atom is -0.370 e. The molecule has 2 aromatic heterocycles. The van der Waals surface area contributed by atoms with Gasteiger partial charge in [-0.1, -0.05) is 72.8 Å². The van der Waals surface area contributed by atoms with Crippen LogP contribution in [0.25, 0.3) is 44.5 Å². The van der Waals surface area contributed by atoms with Crippen LogP contribution in [-0.4, -0.2) is 35.0 Å². The number of nitrogens with one attached hydrogen (secondary N) is 4. The van der Waals surface area contributed by atoms with E-state index in [1.54, 1.807) is 0 Å². The first-order valence-corrected chi connectivity index (χ1v) is 13.8. The molecule has 210 valence electrons. The van der Waals surface area contributed by atoms with Crippen molar-refractivity contribution in [3.63, 3.8) is 0 Å². The molecule has 0 aliphatic rings. The van der Waals surface area contributed by atoms with Gasteiger partial charge >= 0.3 is 0 Å².